The standard InChI is InChI=1S/C15H13N5O/c1-9-8-11(10-4-2-5-12(16)13(10)19-9)14(21)20-15-17-6-3-7-18-15/h2-8H,16H2,1H3,(H,17,18,20,21). The van der Waals surface area contributed by atoms with Crippen LogP contribution < -0.4 is 11.1 Å². The predicted molar refractivity (Wildman–Crippen MR) is 80.9 cm³/mol. The van der Waals surface area contributed by atoms with Crippen LogP contribution in [0.1, 0.15) is 16.1 Å². The minimum atomic E-state index is -0.290. The monoisotopic (exact) mass is 279 g/mol. The molecule has 0 fully saturated rings. The summed E-state index contributed by atoms with van der Waals surface area (Å²) >= 11 is 0. The Hall–Kier alpha value is -3.02. The van der Waals surface area contributed by atoms with Gasteiger partial charge in [-0.1, -0.05) is 12.1 Å². The van der Waals surface area contributed by atoms with Crippen LogP contribution in [0.3, 0.4) is 0 Å². The first-order chi connectivity index (χ1) is 10.1. The Balaban J connectivity index is 2.07. The first-order valence-corrected chi connectivity index (χ1v) is 6.39. The Morgan fingerprint density at radius 1 is 1.19 bits per heavy atom. The normalized spacial score (nSPS) is 10.5. The van der Waals surface area contributed by atoms with Gasteiger partial charge in [-0.2, -0.15) is 0 Å². The zero-order valence-corrected chi connectivity index (χ0v) is 11.4. The maximum Gasteiger partial charge on any atom is 0.258 e. The molecule has 1 aromatic carbocycles. The third-order valence-electron chi connectivity index (χ3n) is 3.03. The molecule has 2 aromatic heterocycles. The number of aromatic nitrogens is 3. The van der Waals surface area contributed by atoms with E-state index >= 15 is 0 Å². The van der Waals surface area contributed by atoms with Gasteiger partial charge in [0, 0.05) is 23.5 Å². The minimum Gasteiger partial charge on any atom is -0.397 e. The summed E-state index contributed by atoms with van der Waals surface area (Å²) in [7, 11) is 0. The van der Waals surface area contributed by atoms with E-state index in [1.165, 1.54) is 0 Å². The second kappa shape index (κ2) is 5.16. The van der Waals surface area contributed by atoms with Gasteiger partial charge in [0.2, 0.25) is 5.95 Å². The van der Waals surface area contributed by atoms with E-state index in [9.17, 15) is 4.79 Å². The van der Waals surface area contributed by atoms with Crippen molar-refractivity contribution in [2.75, 3.05) is 11.1 Å². The van der Waals surface area contributed by atoms with E-state index in [4.69, 9.17) is 5.73 Å². The predicted octanol–water partition coefficient (Wildman–Crippen LogP) is 2.17. The van der Waals surface area contributed by atoms with Crippen LogP contribution in [0.5, 0.6) is 0 Å². The second-order valence-electron chi connectivity index (χ2n) is 4.58. The number of benzene rings is 1. The van der Waals surface area contributed by atoms with Crippen LogP contribution in [-0.2, 0) is 0 Å². The van der Waals surface area contributed by atoms with Crippen molar-refractivity contribution in [2.45, 2.75) is 6.92 Å². The maximum atomic E-state index is 12.4. The van der Waals surface area contributed by atoms with Crippen LogP contribution in [0.15, 0.2) is 42.7 Å². The molecule has 0 radical (unpaired) electrons. The summed E-state index contributed by atoms with van der Waals surface area (Å²) in [5.74, 6) is -0.0312. The van der Waals surface area contributed by atoms with Crippen molar-refractivity contribution >= 4 is 28.4 Å². The summed E-state index contributed by atoms with van der Waals surface area (Å²) in [4.78, 5) is 24.8. The van der Waals surface area contributed by atoms with Crippen molar-refractivity contribution in [3.8, 4) is 0 Å². The third kappa shape index (κ3) is 2.51. The molecule has 3 rings (SSSR count). The number of pyridine rings is 1. The Labute approximate surface area is 121 Å². The number of nitrogens with zero attached hydrogens (tertiary/aromatic N) is 3. The molecule has 0 unspecified atom stereocenters. The summed E-state index contributed by atoms with van der Waals surface area (Å²) in [6.45, 7) is 1.82. The average molecular weight is 279 g/mol. The quantitative estimate of drug-likeness (QED) is 0.701. The van der Waals surface area contributed by atoms with Gasteiger partial charge in [-0.05, 0) is 25.1 Å². The minimum absolute atomic E-state index is 0.258. The smallest absolute Gasteiger partial charge is 0.258 e. The fourth-order valence-electron chi connectivity index (χ4n) is 2.12. The van der Waals surface area contributed by atoms with Crippen LogP contribution in [0.2, 0.25) is 0 Å². The molecule has 0 bridgehead atoms. The lowest BCUT2D eigenvalue weighted by Crippen LogP contribution is -2.15. The number of fused-ring (bicyclic) bond motifs is 1. The molecular weight excluding hydrogens is 266 g/mol. The van der Waals surface area contributed by atoms with Gasteiger partial charge >= 0.3 is 0 Å². The van der Waals surface area contributed by atoms with Crippen molar-refractivity contribution in [1.82, 2.24) is 15.0 Å². The molecule has 3 aromatic rings. The summed E-state index contributed by atoms with van der Waals surface area (Å²) in [5.41, 5.74) is 8.31. The lowest BCUT2D eigenvalue weighted by molar-refractivity contribution is 0.102. The first kappa shape index (κ1) is 13.0. The number of carbonyl (C=O) groups excluding carboxylic acids is 1. The molecule has 1 amide bonds. The number of para-hydroxylation sites is 1. The van der Waals surface area contributed by atoms with Gasteiger partial charge in [-0.25, -0.2) is 9.97 Å². The number of rotatable bonds is 2. The second-order valence-corrected chi connectivity index (χ2v) is 4.58. The number of nitrogens with two attached hydrogens (primary N) is 1. The highest BCUT2D eigenvalue weighted by Crippen LogP contribution is 2.23. The number of nitrogens with one attached hydrogen (secondary N) is 1. The van der Waals surface area contributed by atoms with Crippen molar-refractivity contribution in [1.29, 1.82) is 0 Å². The van der Waals surface area contributed by atoms with E-state index in [1.54, 1.807) is 36.7 Å². The lowest BCUT2D eigenvalue weighted by Gasteiger charge is -2.09. The molecule has 6 heteroatoms. The molecule has 0 saturated carbocycles. The summed E-state index contributed by atoms with van der Waals surface area (Å²) in [6.07, 6.45) is 3.13. The van der Waals surface area contributed by atoms with Gasteiger partial charge in [-0.3, -0.25) is 15.1 Å². The van der Waals surface area contributed by atoms with Crippen LogP contribution >= 0.6 is 0 Å². The summed E-state index contributed by atoms with van der Waals surface area (Å²) in [6, 6.07) is 8.78. The zero-order valence-electron chi connectivity index (χ0n) is 11.4. The Kier molecular flexibility index (Phi) is 3.19. The number of hydrogen-bond donors (Lipinski definition) is 2. The molecule has 0 aliphatic rings. The number of amides is 1. The number of nitrogen functional groups attached to an aromatic ring is 1. The zero-order chi connectivity index (χ0) is 14.8. The van der Waals surface area contributed by atoms with E-state index in [2.05, 4.69) is 20.3 Å². The maximum absolute atomic E-state index is 12.4. The Bertz CT molecular complexity index is 817. The van der Waals surface area contributed by atoms with Gasteiger partial charge in [-0.15, -0.1) is 0 Å². The average Bonchev–Trinajstić information content (AvgIpc) is 2.48. The largest absolute Gasteiger partial charge is 0.397 e. The molecule has 3 N–H and O–H groups in total. The van der Waals surface area contributed by atoms with E-state index in [1.807, 2.05) is 13.0 Å². The summed E-state index contributed by atoms with van der Waals surface area (Å²) < 4.78 is 0. The molecule has 21 heavy (non-hydrogen) atoms. The van der Waals surface area contributed by atoms with E-state index in [-0.39, 0.29) is 11.9 Å². The highest BCUT2D eigenvalue weighted by Gasteiger charge is 2.14. The van der Waals surface area contributed by atoms with E-state index in [0.717, 1.165) is 5.69 Å². The molecule has 0 saturated heterocycles. The molecule has 6 nitrogen and oxygen atoms in total. The lowest BCUT2D eigenvalue weighted by atomic mass is 10.1. The van der Waals surface area contributed by atoms with Gasteiger partial charge in [0.25, 0.3) is 5.91 Å². The summed E-state index contributed by atoms with van der Waals surface area (Å²) in [5, 5.41) is 3.37. The molecule has 104 valence electrons. The highest BCUT2D eigenvalue weighted by molar-refractivity contribution is 6.13. The van der Waals surface area contributed by atoms with Crippen molar-refractivity contribution in [3.63, 3.8) is 0 Å². The number of hydrogen-bond acceptors (Lipinski definition) is 5. The van der Waals surface area contributed by atoms with Gasteiger partial charge < -0.3 is 5.73 Å². The molecule has 0 aliphatic carbocycles. The van der Waals surface area contributed by atoms with Crippen molar-refractivity contribution in [2.24, 2.45) is 0 Å². The van der Waals surface area contributed by atoms with Crippen LogP contribution in [0.4, 0.5) is 11.6 Å². The van der Waals surface area contributed by atoms with E-state index in [0.29, 0.717) is 22.2 Å². The van der Waals surface area contributed by atoms with Crippen LogP contribution in [0.25, 0.3) is 10.9 Å². The molecule has 0 aliphatic heterocycles. The topological polar surface area (TPSA) is 93.8 Å². The molecule has 0 spiro atoms. The Morgan fingerprint density at radius 3 is 2.71 bits per heavy atom. The number of aryl methyl sites for hydroxylation is 1. The fraction of sp³-hybridized carbons (Fsp3) is 0.0667. The van der Waals surface area contributed by atoms with Crippen LogP contribution in [0, 0.1) is 6.92 Å². The van der Waals surface area contributed by atoms with Gasteiger partial charge in [0.05, 0.1) is 16.8 Å². The van der Waals surface area contributed by atoms with Crippen LogP contribution in [-0.4, -0.2) is 20.9 Å². The molecule has 0 atom stereocenters. The van der Waals surface area contributed by atoms with Gasteiger partial charge in [0.1, 0.15) is 0 Å². The highest BCUT2D eigenvalue weighted by atomic mass is 16.1. The van der Waals surface area contributed by atoms with Gasteiger partial charge in [0.15, 0.2) is 0 Å². The SMILES string of the molecule is Cc1cc(C(=O)Nc2ncccn2)c2cccc(N)c2n1. The first-order valence-electron chi connectivity index (χ1n) is 6.39. The number of anilines is 2. The number of carbonyl (C=O) groups is 1. The fourth-order valence-corrected chi connectivity index (χ4v) is 2.12. The molecule has 2 heterocycles. The van der Waals surface area contributed by atoms with E-state index < -0.39 is 0 Å². The van der Waals surface area contributed by atoms with Crippen molar-refractivity contribution < 1.29 is 4.79 Å². The third-order valence-corrected chi connectivity index (χ3v) is 3.03. The Morgan fingerprint density at radius 2 is 1.95 bits per heavy atom. The van der Waals surface area contributed by atoms with Crippen molar-refractivity contribution in [3.05, 3.63) is 54.0 Å². The molecular formula is C15H13N5O.